The van der Waals surface area contributed by atoms with Crippen LogP contribution in [0.5, 0.6) is 0 Å². The summed E-state index contributed by atoms with van der Waals surface area (Å²) in [5.41, 5.74) is 0.917. The summed E-state index contributed by atoms with van der Waals surface area (Å²) in [6.45, 7) is 1.72. The first-order valence-electron chi connectivity index (χ1n) is 12.1. The van der Waals surface area contributed by atoms with Crippen molar-refractivity contribution in [2.45, 2.75) is 61.9 Å². The Morgan fingerprint density at radius 2 is 1.65 bits per heavy atom. The highest BCUT2D eigenvalue weighted by Gasteiger charge is 2.51. The van der Waals surface area contributed by atoms with Crippen molar-refractivity contribution in [3.63, 3.8) is 0 Å². The summed E-state index contributed by atoms with van der Waals surface area (Å²) < 4.78 is 26.8. The molecule has 4 fully saturated rings. The van der Waals surface area contributed by atoms with E-state index in [1.807, 2.05) is 12.1 Å². The Hall–Kier alpha value is -2.41. The monoisotopic (exact) mass is 484 g/mol. The molecule has 2 amide bonds. The molecule has 2 aromatic carbocycles. The number of hydrogen-bond donors (Lipinski definition) is 2. The van der Waals surface area contributed by atoms with Crippen LogP contribution in [0.25, 0.3) is 0 Å². The van der Waals surface area contributed by atoms with Gasteiger partial charge in [-0.25, -0.2) is 8.78 Å². The van der Waals surface area contributed by atoms with Gasteiger partial charge in [-0.2, -0.15) is 0 Å². The molecular formula is C27H30F2N2O2S. The van der Waals surface area contributed by atoms with Crippen molar-refractivity contribution in [2.75, 3.05) is 5.75 Å². The molecule has 1 atom stereocenters. The second-order valence-electron chi connectivity index (χ2n) is 10.4. The summed E-state index contributed by atoms with van der Waals surface area (Å²) in [5, 5.41) is 6.23. The molecule has 4 nitrogen and oxygen atoms in total. The fourth-order valence-corrected chi connectivity index (χ4v) is 7.51. The summed E-state index contributed by atoms with van der Waals surface area (Å²) in [4.78, 5) is 26.6. The molecule has 7 heteroatoms. The van der Waals surface area contributed by atoms with E-state index in [1.54, 1.807) is 19.1 Å². The normalized spacial score (nSPS) is 27.9. The van der Waals surface area contributed by atoms with Gasteiger partial charge in [0, 0.05) is 10.4 Å². The third kappa shape index (κ3) is 4.85. The zero-order valence-electron chi connectivity index (χ0n) is 19.3. The fraction of sp³-hybridized carbons (Fsp3) is 0.481. The van der Waals surface area contributed by atoms with Gasteiger partial charge in [0.25, 0.3) is 5.91 Å². The zero-order chi connectivity index (χ0) is 23.9. The highest BCUT2D eigenvalue weighted by Crippen LogP contribution is 2.55. The van der Waals surface area contributed by atoms with Crippen LogP contribution in [0.15, 0.2) is 47.4 Å². The Morgan fingerprint density at radius 1 is 1.00 bits per heavy atom. The lowest BCUT2D eigenvalue weighted by Gasteiger charge is -2.56. The minimum atomic E-state index is -0.945. The van der Waals surface area contributed by atoms with E-state index in [-0.39, 0.29) is 23.1 Å². The van der Waals surface area contributed by atoms with E-state index in [0.717, 1.165) is 54.0 Å². The third-order valence-electron chi connectivity index (χ3n) is 7.72. The second-order valence-corrected chi connectivity index (χ2v) is 11.4. The van der Waals surface area contributed by atoms with Gasteiger partial charge >= 0.3 is 0 Å². The highest BCUT2D eigenvalue weighted by molar-refractivity contribution is 8.00. The molecule has 0 spiro atoms. The van der Waals surface area contributed by atoms with Crippen molar-refractivity contribution >= 4 is 23.6 Å². The van der Waals surface area contributed by atoms with Crippen LogP contribution in [-0.4, -0.2) is 23.1 Å². The van der Waals surface area contributed by atoms with Crippen LogP contribution in [0.2, 0.25) is 0 Å². The predicted molar refractivity (Wildman–Crippen MR) is 128 cm³/mol. The van der Waals surface area contributed by atoms with Gasteiger partial charge in [0.2, 0.25) is 5.91 Å². The highest BCUT2D eigenvalue weighted by atomic mass is 32.2. The quantitative estimate of drug-likeness (QED) is 0.501. The largest absolute Gasteiger partial charge is 0.350 e. The molecule has 0 radical (unpaired) electrons. The van der Waals surface area contributed by atoms with Crippen LogP contribution in [0.4, 0.5) is 8.78 Å². The average Bonchev–Trinajstić information content (AvgIpc) is 2.78. The van der Waals surface area contributed by atoms with Crippen molar-refractivity contribution in [3.8, 4) is 0 Å². The van der Waals surface area contributed by atoms with Crippen molar-refractivity contribution < 1.29 is 18.4 Å². The van der Waals surface area contributed by atoms with Gasteiger partial charge in [-0.05, 0) is 93.0 Å². The van der Waals surface area contributed by atoms with E-state index in [0.29, 0.717) is 11.1 Å². The van der Waals surface area contributed by atoms with Crippen molar-refractivity contribution in [1.29, 1.82) is 0 Å². The molecule has 1 unspecified atom stereocenters. The van der Waals surface area contributed by atoms with E-state index in [4.69, 9.17) is 0 Å². The SMILES string of the molecule is CC(NC(=O)c1ccccc1SCC(=O)NC12CC3CC(CC(C3)C1)C2)c1ccc(F)c(F)c1. The number of rotatable bonds is 7. The van der Waals surface area contributed by atoms with Crippen LogP contribution in [0.1, 0.15) is 67.4 Å². The Balaban J connectivity index is 1.20. The van der Waals surface area contributed by atoms with Crippen molar-refractivity contribution in [3.05, 3.63) is 65.2 Å². The smallest absolute Gasteiger partial charge is 0.252 e. The number of carbonyl (C=O) groups excluding carboxylic acids is 2. The molecule has 34 heavy (non-hydrogen) atoms. The molecular weight excluding hydrogens is 454 g/mol. The van der Waals surface area contributed by atoms with Crippen LogP contribution in [0, 0.1) is 29.4 Å². The van der Waals surface area contributed by atoms with Gasteiger partial charge in [-0.3, -0.25) is 9.59 Å². The molecule has 4 aliphatic carbocycles. The Bertz CT molecular complexity index is 1070. The molecule has 0 aliphatic heterocycles. The molecule has 4 aliphatic rings. The average molecular weight is 485 g/mol. The molecule has 2 N–H and O–H groups in total. The van der Waals surface area contributed by atoms with E-state index in [9.17, 15) is 18.4 Å². The van der Waals surface area contributed by atoms with E-state index < -0.39 is 17.7 Å². The Kier molecular flexibility index (Phi) is 6.40. The zero-order valence-corrected chi connectivity index (χ0v) is 20.1. The lowest BCUT2D eigenvalue weighted by molar-refractivity contribution is -0.124. The van der Waals surface area contributed by atoms with Crippen LogP contribution >= 0.6 is 11.8 Å². The molecule has 2 aromatic rings. The van der Waals surface area contributed by atoms with Crippen molar-refractivity contribution in [2.24, 2.45) is 17.8 Å². The topological polar surface area (TPSA) is 58.2 Å². The van der Waals surface area contributed by atoms with Gasteiger partial charge in [-0.1, -0.05) is 18.2 Å². The first kappa shape index (κ1) is 23.3. The maximum atomic E-state index is 13.6. The number of carbonyl (C=O) groups is 2. The minimum absolute atomic E-state index is 0.0247. The molecule has 0 saturated heterocycles. The van der Waals surface area contributed by atoms with Gasteiger partial charge in [0.15, 0.2) is 11.6 Å². The number of halogens is 2. The van der Waals surface area contributed by atoms with Gasteiger partial charge < -0.3 is 10.6 Å². The van der Waals surface area contributed by atoms with Gasteiger partial charge in [-0.15, -0.1) is 11.8 Å². The molecule has 6 rings (SSSR count). The van der Waals surface area contributed by atoms with E-state index in [2.05, 4.69) is 10.6 Å². The Morgan fingerprint density at radius 3 is 2.29 bits per heavy atom. The molecule has 4 bridgehead atoms. The summed E-state index contributed by atoms with van der Waals surface area (Å²) in [5.74, 6) is 0.389. The summed E-state index contributed by atoms with van der Waals surface area (Å²) in [6, 6.07) is 10.3. The maximum absolute atomic E-state index is 13.6. The number of thioether (sulfide) groups is 1. The number of nitrogens with one attached hydrogen (secondary N) is 2. The number of benzene rings is 2. The molecule has 4 saturated carbocycles. The van der Waals surface area contributed by atoms with E-state index in [1.165, 1.54) is 37.1 Å². The maximum Gasteiger partial charge on any atom is 0.252 e. The molecule has 180 valence electrons. The fourth-order valence-electron chi connectivity index (χ4n) is 6.66. The number of amides is 2. The van der Waals surface area contributed by atoms with Crippen LogP contribution in [0.3, 0.4) is 0 Å². The number of hydrogen-bond acceptors (Lipinski definition) is 3. The summed E-state index contributed by atoms with van der Waals surface area (Å²) >= 11 is 1.36. The van der Waals surface area contributed by atoms with Gasteiger partial charge in [0.05, 0.1) is 17.4 Å². The lowest BCUT2D eigenvalue weighted by Crippen LogP contribution is -2.60. The predicted octanol–water partition coefficient (Wildman–Crippen LogP) is 5.63. The van der Waals surface area contributed by atoms with Crippen molar-refractivity contribution in [1.82, 2.24) is 10.6 Å². The second kappa shape index (κ2) is 9.33. The standard InChI is InChI=1S/C27H30F2N2O2S/c1-16(20-6-7-22(28)23(29)11-20)30-26(33)21-4-2-3-5-24(21)34-15-25(32)31-27-12-17-8-18(13-27)10-19(9-17)14-27/h2-7,11,16-19H,8-10,12-15H2,1H3,(H,30,33)(H,31,32). The minimum Gasteiger partial charge on any atom is -0.350 e. The van der Waals surface area contributed by atoms with Crippen LogP contribution < -0.4 is 10.6 Å². The third-order valence-corrected chi connectivity index (χ3v) is 8.80. The lowest BCUT2D eigenvalue weighted by atomic mass is 9.53. The first-order chi connectivity index (χ1) is 16.3. The Labute approximate surface area is 203 Å². The van der Waals surface area contributed by atoms with Gasteiger partial charge in [0.1, 0.15) is 0 Å². The van der Waals surface area contributed by atoms with E-state index >= 15 is 0 Å². The molecule has 0 heterocycles. The first-order valence-corrected chi connectivity index (χ1v) is 13.1. The summed E-state index contributed by atoms with van der Waals surface area (Å²) in [7, 11) is 0. The summed E-state index contributed by atoms with van der Waals surface area (Å²) in [6.07, 6.45) is 7.31. The van der Waals surface area contributed by atoms with Crippen LogP contribution in [-0.2, 0) is 4.79 Å². The molecule has 0 aromatic heterocycles.